The molecule has 0 aliphatic carbocycles. The number of ketones is 1. The van der Waals surface area contributed by atoms with Crippen molar-refractivity contribution in [2.24, 2.45) is 22.4 Å². The third kappa shape index (κ3) is 13.8. The van der Waals surface area contributed by atoms with Crippen LogP contribution in [0.2, 0.25) is 0 Å². The maximum Gasteiger partial charge on any atom is 0.490 e. The summed E-state index contributed by atoms with van der Waals surface area (Å²) in [6.07, 6.45) is -5.98. The number of carboxylic acids is 1. The number of rotatable bonds is 16. The van der Waals surface area contributed by atoms with Crippen LogP contribution >= 0.6 is 11.3 Å². The van der Waals surface area contributed by atoms with Gasteiger partial charge >= 0.3 is 18.2 Å². The molecule has 2 amide bonds. The van der Waals surface area contributed by atoms with Gasteiger partial charge in [0.1, 0.15) is 12.1 Å². The molecular weight excluding hydrogens is 836 g/mol. The smallest absolute Gasteiger partial charge is 0.475 e. The van der Waals surface area contributed by atoms with Gasteiger partial charge in [-0.25, -0.2) is 23.0 Å². The summed E-state index contributed by atoms with van der Waals surface area (Å²) in [7, 11) is -4.43. The molecule has 7 N–H and O–H groups in total. The number of aliphatic carboxylic acids is 1. The highest BCUT2D eigenvalue weighted by Crippen LogP contribution is 2.32. The number of alkyl carbamates (subject to hydrolysis) is 1. The van der Waals surface area contributed by atoms with E-state index in [0.29, 0.717) is 18.0 Å². The number of non-ortho nitro benzene ring substituents is 1. The highest BCUT2D eigenvalue weighted by Gasteiger charge is 2.39. The van der Waals surface area contributed by atoms with Gasteiger partial charge in [-0.1, -0.05) is 26.0 Å². The molecule has 0 bridgehead atoms. The van der Waals surface area contributed by atoms with E-state index in [1.54, 1.807) is 12.1 Å². The summed E-state index contributed by atoms with van der Waals surface area (Å²) >= 11 is 1.19. The molecule has 2 heterocycles. The van der Waals surface area contributed by atoms with Gasteiger partial charge in [-0.2, -0.15) is 17.5 Å². The van der Waals surface area contributed by atoms with Gasteiger partial charge < -0.3 is 31.9 Å². The number of nitro benzene ring substituents is 2. The molecule has 21 nitrogen and oxygen atoms in total. The van der Waals surface area contributed by atoms with Gasteiger partial charge in [0.05, 0.1) is 32.2 Å². The number of nitrogens with zero attached hydrogens (tertiary/aromatic N) is 5. The van der Waals surface area contributed by atoms with Crippen molar-refractivity contribution in [3.05, 3.63) is 67.7 Å². The van der Waals surface area contributed by atoms with Crippen molar-refractivity contribution in [3.8, 4) is 0 Å². The Labute approximate surface area is 337 Å². The summed E-state index contributed by atoms with van der Waals surface area (Å²) in [5, 5.41) is 35.3. The number of fused-ring (bicyclic) bond motifs is 1. The fourth-order valence-corrected chi connectivity index (χ4v) is 8.08. The molecule has 26 heteroatoms. The number of carboxylic acid groups (broad SMARTS) is 1. The van der Waals surface area contributed by atoms with E-state index in [0.717, 1.165) is 21.1 Å². The van der Waals surface area contributed by atoms with Crippen LogP contribution in [0.3, 0.4) is 0 Å². The molecule has 1 aromatic heterocycles. The van der Waals surface area contributed by atoms with Crippen LogP contribution in [0.1, 0.15) is 55.8 Å². The fraction of sp³-hybridized carbons (Fsp3) is 0.455. The van der Waals surface area contributed by atoms with Gasteiger partial charge in [0.25, 0.3) is 11.4 Å². The number of nitro groups is 2. The number of nitrogens with two attached hydrogens (primary N) is 2. The van der Waals surface area contributed by atoms with Crippen molar-refractivity contribution in [1.29, 1.82) is 0 Å². The summed E-state index contributed by atoms with van der Waals surface area (Å²) in [6, 6.07) is 7.40. The number of carbonyl (C=O) groups excluding carboxylic acids is 3. The lowest BCUT2D eigenvalue weighted by Crippen LogP contribution is -2.52. The molecule has 322 valence electrons. The number of alkyl halides is 3. The summed E-state index contributed by atoms with van der Waals surface area (Å²) in [5.41, 5.74) is 9.92. The first-order chi connectivity index (χ1) is 27.5. The van der Waals surface area contributed by atoms with E-state index in [-0.39, 0.29) is 62.2 Å². The van der Waals surface area contributed by atoms with Crippen LogP contribution in [0.5, 0.6) is 0 Å². The number of hydrogen-bond acceptors (Lipinski definition) is 14. The Balaban J connectivity index is 0.00000122. The summed E-state index contributed by atoms with van der Waals surface area (Å²) in [5.74, 6) is -3.97. The van der Waals surface area contributed by atoms with Crippen molar-refractivity contribution in [2.75, 3.05) is 19.6 Å². The number of ether oxygens (including phenoxy) is 1. The number of aliphatic imine (C=N–C) groups is 1. The summed E-state index contributed by atoms with van der Waals surface area (Å²) in [4.78, 5) is 77.6. The highest BCUT2D eigenvalue weighted by atomic mass is 32.2. The number of benzene rings is 2. The lowest BCUT2D eigenvalue weighted by molar-refractivity contribution is -0.396. The molecule has 1 fully saturated rings. The molecule has 0 unspecified atom stereocenters. The highest BCUT2D eigenvalue weighted by molar-refractivity contribution is 7.89. The van der Waals surface area contributed by atoms with Gasteiger partial charge in [-0.05, 0) is 56.2 Å². The Morgan fingerprint density at radius 3 is 2.22 bits per heavy atom. The molecular formula is C33H40F3N9O12S2. The second-order valence-corrected chi connectivity index (χ2v) is 16.1. The first-order valence-corrected chi connectivity index (χ1v) is 19.7. The molecule has 59 heavy (non-hydrogen) atoms. The predicted octanol–water partition coefficient (Wildman–Crippen LogP) is 3.46. The van der Waals surface area contributed by atoms with Crippen LogP contribution in [0.25, 0.3) is 10.2 Å². The number of sulfonamides is 1. The number of thiazole rings is 1. The standard InChI is InChI=1S/C31H39N9O10S2.C2HF3O2/c1-18(2)16-23(28(42)35-22(7-5-13-34-30(32)33)27(41)29-36-21-6-3-4-8-25(21)51-29)37-31(43)50-20-11-14-38(15-12-20)52(48,49)26-10-9-19(39(44)45)17-24(26)40(46)47;3-2(4,5)1(6)7/h3-4,6,8-10,17-18,20,22-23H,5,7,11-16H2,1-2H3,(H,35,42)(H,37,43)(H4,32,33,34);(H,6,7)/t22-,23-;/m0./s1. The first-order valence-electron chi connectivity index (χ1n) is 17.5. The molecule has 0 radical (unpaired) electrons. The lowest BCUT2D eigenvalue weighted by atomic mass is 10.0. The van der Waals surface area contributed by atoms with Crippen molar-refractivity contribution in [2.45, 2.75) is 75.2 Å². The number of aromatic nitrogens is 1. The first kappa shape index (κ1) is 47.4. The Morgan fingerprint density at radius 2 is 1.68 bits per heavy atom. The Kier molecular flexibility index (Phi) is 16.5. The van der Waals surface area contributed by atoms with Gasteiger partial charge in [0.15, 0.2) is 15.9 Å². The van der Waals surface area contributed by atoms with Crippen molar-refractivity contribution >= 4 is 72.7 Å². The summed E-state index contributed by atoms with van der Waals surface area (Å²) in [6.45, 7) is 3.57. The number of para-hydroxylation sites is 1. The van der Waals surface area contributed by atoms with Gasteiger partial charge in [-0.3, -0.25) is 34.8 Å². The van der Waals surface area contributed by atoms with Crippen LogP contribution in [0, 0.1) is 26.1 Å². The van der Waals surface area contributed by atoms with Crippen molar-refractivity contribution in [1.82, 2.24) is 19.9 Å². The molecule has 4 rings (SSSR count). The number of piperidine rings is 1. The zero-order chi connectivity index (χ0) is 44.2. The van der Waals surface area contributed by atoms with Crippen LogP contribution in [-0.2, 0) is 24.3 Å². The van der Waals surface area contributed by atoms with E-state index >= 15 is 0 Å². The van der Waals surface area contributed by atoms with Crippen LogP contribution < -0.4 is 22.1 Å². The maximum atomic E-state index is 13.6. The average Bonchev–Trinajstić information content (AvgIpc) is 3.59. The van der Waals surface area contributed by atoms with E-state index in [2.05, 4.69) is 20.6 Å². The average molecular weight is 876 g/mol. The Morgan fingerprint density at radius 1 is 1.05 bits per heavy atom. The minimum Gasteiger partial charge on any atom is -0.475 e. The van der Waals surface area contributed by atoms with Crippen LogP contribution in [0.15, 0.2) is 52.4 Å². The fourth-order valence-electron chi connectivity index (χ4n) is 5.51. The number of nitrogens with one attached hydrogen (secondary N) is 2. The summed E-state index contributed by atoms with van der Waals surface area (Å²) < 4.78 is 65.6. The molecule has 1 saturated heterocycles. The third-order valence-electron chi connectivity index (χ3n) is 8.28. The number of halogens is 3. The number of amides is 2. The molecule has 0 spiro atoms. The number of guanidine groups is 1. The monoisotopic (exact) mass is 875 g/mol. The molecule has 3 aromatic rings. The van der Waals surface area contributed by atoms with E-state index in [4.69, 9.17) is 26.1 Å². The SMILES string of the molecule is CC(C)C[C@H](NC(=O)OC1CCN(S(=O)(=O)c2ccc([N+](=O)[O-])cc2[N+](=O)[O-])CC1)C(=O)N[C@@H](CCCN=C(N)N)C(=O)c1nc2ccccc2s1.O=C(O)C(F)(F)F. The van der Waals surface area contributed by atoms with Crippen LogP contribution in [-0.4, -0.2) is 106 Å². The lowest BCUT2D eigenvalue weighted by Gasteiger charge is -2.31. The quantitative estimate of drug-likeness (QED) is 0.0344. The molecule has 1 aliphatic rings. The molecule has 2 atom stereocenters. The Bertz CT molecular complexity index is 2140. The van der Waals surface area contributed by atoms with Crippen molar-refractivity contribution < 1.29 is 60.5 Å². The topological polar surface area (TPSA) is 323 Å². The number of hydrogen-bond donors (Lipinski definition) is 5. The van der Waals surface area contributed by atoms with Gasteiger partial charge in [0, 0.05) is 25.7 Å². The van der Waals surface area contributed by atoms with Crippen LogP contribution in [0.4, 0.5) is 29.3 Å². The van der Waals surface area contributed by atoms with Gasteiger partial charge in [-0.15, -0.1) is 11.3 Å². The second kappa shape index (κ2) is 20.6. The molecule has 2 aromatic carbocycles. The number of Topliss-reactive ketones (excluding diaryl/α,β-unsaturated/α-hetero) is 1. The largest absolute Gasteiger partial charge is 0.490 e. The molecule has 1 aliphatic heterocycles. The van der Waals surface area contributed by atoms with E-state index < -0.39 is 84.3 Å². The zero-order valence-corrected chi connectivity index (χ0v) is 32.9. The van der Waals surface area contributed by atoms with E-state index in [9.17, 15) is 56.2 Å². The molecule has 0 saturated carbocycles. The predicted molar refractivity (Wildman–Crippen MR) is 204 cm³/mol. The maximum absolute atomic E-state index is 13.6. The Hall–Kier alpha value is -6.02. The van der Waals surface area contributed by atoms with E-state index in [1.165, 1.54) is 11.3 Å². The minimum atomic E-state index is -5.08. The second-order valence-electron chi connectivity index (χ2n) is 13.2. The minimum absolute atomic E-state index is 0.0308. The third-order valence-corrected chi connectivity index (χ3v) is 11.3. The van der Waals surface area contributed by atoms with Crippen molar-refractivity contribution in [3.63, 3.8) is 0 Å². The zero-order valence-electron chi connectivity index (χ0n) is 31.3. The van der Waals surface area contributed by atoms with E-state index in [1.807, 2.05) is 26.0 Å². The van der Waals surface area contributed by atoms with Gasteiger partial charge in [0.2, 0.25) is 21.7 Å². The number of carbonyl (C=O) groups is 4. The normalized spacial score (nSPS) is 14.6.